The molecule has 5 rings (SSSR count). The number of hydrogen-bond donors (Lipinski definition) is 1. The number of fused-ring (bicyclic) bond motifs is 3. The normalized spacial score (nSPS) is 17.8. The Morgan fingerprint density at radius 1 is 1.07 bits per heavy atom. The zero-order valence-electron chi connectivity index (χ0n) is 16.9. The number of nitrogen functional groups attached to an aromatic ring is 1. The zero-order valence-corrected chi connectivity index (χ0v) is 16.9. The third-order valence-electron chi connectivity index (χ3n) is 5.77. The molecule has 2 aliphatic rings. The van der Waals surface area contributed by atoms with Crippen LogP contribution in [0.1, 0.15) is 25.2 Å². The lowest BCUT2D eigenvalue weighted by atomic mass is 10.1. The minimum Gasteiger partial charge on any atom is -0.378 e. The van der Waals surface area contributed by atoms with Gasteiger partial charge in [0.1, 0.15) is 0 Å². The zero-order chi connectivity index (χ0) is 20.0. The maximum atomic E-state index is 5.67. The highest BCUT2D eigenvalue weighted by atomic mass is 16.5. The average Bonchev–Trinajstić information content (AvgIpc) is 3.12. The molecule has 9 nitrogen and oxygen atoms in total. The number of morpholine rings is 1. The van der Waals surface area contributed by atoms with E-state index in [-0.39, 0.29) is 5.95 Å². The van der Waals surface area contributed by atoms with Crippen molar-refractivity contribution in [2.24, 2.45) is 0 Å². The summed E-state index contributed by atoms with van der Waals surface area (Å²) in [4.78, 5) is 23.0. The van der Waals surface area contributed by atoms with Crippen LogP contribution in [0.3, 0.4) is 0 Å². The van der Waals surface area contributed by atoms with Crippen molar-refractivity contribution in [2.75, 3.05) is 43.5 Å². The molecule has 0 spiro atoms. The van der Waals surface area contributed by atoms with Crippen molar-refractivity contribution in [1.82, 2.24) is 29.2 Å². The Morgan fingerprint density at radius 3 is 2.55 bits per heavy atom. The number of anilines is 2. The lowest BCUT2D eigenvalue weighted by Crippen LogP contribution is -2.37. The van der Waals surface area contributed by atoms with Crippen LogP contribution in [0.2, 0.25) is 0 Å². The number of rotatable bonds is 3. The van der Waals surface area contributed by atoms with Crippen molar-refractivity contribution >= 4 is 17.4 Å². The number of hydrogen-bond acceptors (Lipinski definition) is 8. The molecule has 1 saturated heterocycles. The molecule has 29 heavy (non-hydrogen) atoms. The molecule has 5 heterocycles. The van der Waals surface area contributed by atoms with E-state index in [0.717, 1.165) is 55.3 Å². The van der Waals surface area contributed by atoms with Crippen LogP contribution in [0.15, 0.2) is 18.6 Å². The van der Waals surface area contributed by atoms with Crippen LogP contribution in [0.25, 0.3) is 16.9 Å². The van der Waals surface area contributed by atoms with E-state index in [9.17, 15) is 0 Å². The summed E-state index contributed by atoms with van der Waals surface area (Å²) in [5.41, 5.74) is 10.7. The summed E-state index contributed by atoms with van der Waals surface area (Å²) < 4.78 is 7.76. The molecule has 0 amide bonds. The van der Waals surface area contributed by atoms with E-state index in [4.69, 9.17) is 20.4 Å². The first-order valence-electron chi connectivity index (χ1n) is 10.2. The van der Waals surface area contributed by atoms with Crippen molar-refractivity contribution in [3.8, 4) is 11.3 Å². The van der Waals surface area contributed by atoms with Gasteiger partial charge in [0, 0.05) is 62.8 Å². The molecule has 0 unspecified atom stereocenters. The average molecular weight is 394 g/mol. The molecule has 0 aliphatic carbocycles. The number of ether oxygens (including phenoxy) is 1. The van der Waals surface area contributed by atoms with Crippen LogP contribution >= 0.6 is 0 Å². The Kier molecular flexibility index (Phi) is 4.56. The highest BCUT2D eigenvalue weighted by Crippen LogP contribution is 2.30. The Morgan fingerprint density at radius 2 is 1.83 bits per heavy atom. The fourth-order valence-corrected chi connectivity index (χ4v) is 4.05. The fourth-order valence-electron chi connectivity index (χ4n) is 4.05. The van der Waals surface area contributed by atoms with Crippen LogP contribution in [-0.4, -0.2) is 68.1 Å². The van der Waals surface area contributed by atoms with E-state index < -0.39 is 0 Å². The monoisotopic (exact) mass is 394 g/mol. The molecular weight excluding hydrogens is 368 g/mol. The van der Waals surface area contributed by atoms with Gasteiger partial charge in [-0.15, -0.1) is 0 Å². The topological polar surface area (TPSA) is 97.7 Å². The van der Waals surface area contributed by atoms with Gasteiger partial charge in [0.25, 0.3) is 0 Å². The number of nitrogens with two attached hydrogens (primary N) is 1. The Hall–Kier alpha value is -2.78. The molecule has 3 aromatic rings. The van der Waals surface area contributed by atoms with Gasteiger partial charge < -0.3 is 15.4 Å². The lowest BCUT2D eigenvalue weighted by molar-refractivity contribution is 0.122. The molecule has 1 fully saturated rings. The van der Waals surface area contributed by atoms with Gasteiger partial charge >= 0.3 is 0 Å². The minimum atomic E-state index is 0.260. The summed E-state index contributed by atoms with van der Waals surface area (Å²) in [7, 11) is 0. The largest absolute Gasteiger partial charge is 0.378 e. The van der Waals surface area contributed by atoms with Crippen LogP contribution in [0, 0.1) is 0 Å². The molecule has 2 aliphatic heterocycles. The van der Waals surface area contributed by atoms with E-state index in [0.29, 0.717) is 19.3 Å². The summed E-state index contributed by atoms with van der Waals surface area (Å²) in [6, 6.07) is 0.499. The van der Waals surface area contributed by atoms with Crippen molar-refractivity contribution in [2.45, 2.75) is 32.9 Å². The van der Waals surface area contributed by atoms with Gasteiger partial charge in [-0.25, -0.2) is 19.9 Å². The van der Waals surface area contributed by atoms with Gasteiger partial charge in [-0.05, 0) is 13.8 Å². The second kappa shape index (κ2) is 7.23. The van der Waals surface area contributed by atoms with Gasteiger partial charge in [0.05, 0.1) is 30.3 Å². The summed E-state index contributed by atoms with van der Waals surface area (Å²) in [6.07, 6.45) is 6.47. The standard InChI is InChI=1S/C20H26N8O/c1-13(2)27-4-3-15-17(12-27)28-11-16(14-9-22-20(21)23-10-14)25-18(19(28)24-15)26-5-7-29-8-6-26/h9-11,13H,3-8,12H2,1-2H3,(H2,21,22,23). The second-order valence-corrected chi connectivity index (χ2v) is 7.89. The summed E-state index contributed by atoms with van der Waals surface area (Å²) in [5, 5.41) is 0. The van der Waals surface area contributed by atoms with Gasteiger partial charge in [0.2, 0.25) is 5.95 Å². The van der Waals surface area contributed by atoms with Crippen molar-refractivity contribution in [3.63, 3.8) is 0 Å². The Labute approximate surface area is 169 Å². The third-order valence-corrected chi connectivity index (χ3v) is 5.77. The first kappa shape index (κ1) is 18.3. The molecule has 3 aromatic heterocycles. The van der Waals surface area contributed by atoms with E-state index in [1.165, 1.54) is 11.4 Å². The summed E-state index contributed by atoms with van der Waals surface area (Å²) in [5.74, 6) is 1.16. The van der Waals surface area contributed by atoms with Crippen molar-refractivity contribution < 1.29 is 4.74 Å². The molecule has 0 saturated carbocycles. The molecule has 2 N–H and O–H groups in total. The van der Waals surface area contributed by atoms with Crippen molar-refractivity contribution in [3.05, 3.63) is 30.0 Å². The van der Waals surface area contributed by atoms with E-state index >= 15 is 0 Å². The van der Waals surface area contributed by atoms with Gasteiger partial charge in [-0.1, -0.05) is 0 Å². The fraction of sp³-hybridized carbons (Fsp3) is 0.500. The molecule has 0 bridgehead atoms. The van der Waals surface area contributed by atoms with E-state index in [2.05, 4.69) is 44.2 Å². The third kappa shape index (κ3) is 3.30. The molecule has 0 aromatic carbocycles. The predicted molar refractivity (Wildman–Crippen MR) is 111 cm³/mol. The number of nitrogens with zero attached hydrogens (tertiary/aromatic N) is 7. The van der Waals surface area contributed by atoms with Crippen LogP contribution in [-0.2, 0) is 17.7 Å². The Bertz CT molecular complexity index is 1020. The van der Waals surface area contributed by atoms with Gasteiger partial charge in [-0.2, -0.15) is 0 Å². The van der Waals surface area contributed by atoms with Crippen molar-refractivity contribution in [1.29, 1.82) is 0 Å². The SMILES string of the molecule is CC(C)N1CCc2nc3c(N4CCOCC4)nc(-c4cnc(N)nc4)cn3c2C1. The quantitative estimate of drug-likeness (QED) is 0.711. The molecule has 9 heteroatoms. The summed E-state index contributed by atoms with van der Waals surface area (Å²) >= 11 is 0. The van der Waals surface area contributed by atoms with Gasteiger partial charge in [0.15, 0.2) is 11.5 Å². The van der Waals surface area contributed by atoms with Crippen LogP contribution in [0.4, 0.5) is 11.8 Å². The van der Waals surface area contributed by atoms with Gasteiger partial charge in [-0.3, -0.25) is 9.30 Å². The van der Waals surface area contributed by atoms with E-state index in [1.807, 2.05) is 0 Å². The predicted octanol–water partition coefficient (Wildman–Crippen LogP) is 1.37. The molecule has 152 valence electrons. The Balaban J connectivity index is 1.68. The highest BCUT2D eigenvalue weighted by Gasteiger charge is 2.27. The smallest absolute Gasteiger partial charge is 0.219 e. The van der Waals surface area contributed by atoms with E-state index in [1.54, 1.807) is 12.4 Å². The maximum absolute atomic E-state index is 5.67. The molecule has 0 atom stereocenters. The first-order valence-corrected chi connectivity index (χ1v) is 10.2. The lowest BCUT2D eigenvalue weighted by Gasteiger charge is -2.30. The van der Waals surface area contributed by atoms with Crippen LogP contribution in [0.5, 0.6) is 0 Å². The van der Waals surface area contributed by atoms with Crippen LogP contribution < -0.4 is 10.6 Å². The highest BCUT2D eigenvalue weighted by molar-refractivity contribution is 5.71. The first-order chi connectivity index (χ1) is 14.1. The second-order valence-electron chi connectivity index (χ2n) is 7.89. The maximum Gasteiger partial charge on any atom is 0.219 e. The molecular formula is C20H26N8O. The summed E-state index contributed by atoms with van der Waals surface area (Å²) in [6.45, 7) is 9.42. The number of aromatic nitrogens is 5. The minimum absolute atomic E-state index is 0.260. The molecule has 0 radical (unpaired) electrons. The number of imidazole rings is 1.